The summed E-state index contributed by atoms with van der Waals surface area (Å²) in [6.45, 7) is 1.93. The fourth-order valence-corrected chi connectivity index (χ4v) is 3.23. The molecule has 0 atom stereocenters. The van der Waals surface area contributed by atoms with Crippen molar-refractivity contribution in [2.24, 2.45) is 5.73 Å². The highest BCUT2D eigenvalue weighted by molar-refractivity contribution is 7.19. The molecule has 9 heteroatoms. The molecule has 0 bridgehead atoms. The third-order valence-electron chi connectivity index (χ3n) is 3.19. The number of carbonyl (C=O) groups excluding carboxylic acids is 1. The molecule has 0 aromatic carbocycles. The van der Waals surface area contributed by atoms with Crippen molar-refractivity contribution >= 4 is 27.9 Å². The Morgan fingerprint density at radius 1 is 1.50 bits per heavy atom. The zero-order valence-corrected chi connectivity index (χ0v) is 11.2. The molecule has 4 N–H and O–H groups in total. The van der Waals surface area contributed by atoms with Crippen LogP contribution in [0.25, 0.3) is 0 Å². The lowest BCUT2D eigenvalue weighted by Gasteiger charge is -2.27. The molecule has 0 spiro atoms. The van der Waals surface area contributed by atoms with Gasteiger partial charge < -0.3 is 20.9 Å². The molecule has 0 saturated heterocycles. The maximum absolute atomic E-state index is 11.3. The van der Waals surface area contributed by atoms with Gasteiger partial charge in [0.15, 0.2) is 5.82 Å². The summed E-state index contributed by atoms with van der Waals surface area (Å²) in [5.74, 6) is 0.197. The third kappa shape index (κ3) is 1.78. The van der Waals surface area contributed by atoms with Crippen molar-refractivity contribution in [2.75, 3.05) is 17.2 Å². The van der Waals surface area contributed by atoms with E-state index in [1.54, 1.807) is 6.33 Å². The molecule has 0 unspecified atom stereocenters. The number of anilines is 2. The van der Waals surface area contributed by atoms with Gasteiger partial charge in [0.2, 0.25) is 0 Å². The third-order valence-corrected chi connectivity index (χ3v) is 4.47. The van der Waals surface area contributed by atoms with Crippen LogP contribution in [0.15, 0.2) is 6.33 Å². The largest absolute Gasteiger partial charge is 0.396 e. The molecule has 3 heterocycles. The first kappa shape index (κ1) is 12.4. The summed E-state index contributed by atoms with van der Waals surface area (Å²) in [7, 11) is 0. The van der Waals surface area contributed by atoms with Crippen LogP contribution in [0.4, 0.5) is 10.7 Å². The Balaban J connectivity index is 2.02. The van der Waals surface area contributed by atoms with Crippen molar-refractivity contribution in [2.45, 2.75) is 13.1 Å². The monoisotopic (exact) mass is 289 g/mol. The van der Waals surface area contributed by atoms with Gasteiger partial charge in [-0.1, -0.05) is 0 Å². The SMILES string of the molecule is N#Cc1c(N2CCn3cnnc3C2)sc(C(N)=O)c1N. The number of nitrogens with two attached hydrogens (primary N) is 2. The minimum absolute atomic E-state index is 0.159. The van der Waals surface area contributed by atoms with Crippen LogP contribution in [0, 0.1) is 11.3 Å². The van der Waals surface area contributed by atoms with E-state index in [0.29, 0.717) is 23.7 Å². The fourth-order valence-electron chi connectivity index (χ4n) is 2.18. The highest BCUT2D eigenvalue weighted by Crippen LogP contribution is 2.38. The van der Waals surface area contributed by atoms with E-state index in [-0.39, 0.29) is 10.6 Å². The van der Waals surface area contributed by atoms with Crippen LogP contribution in [0.1, 0.15) is 21.1 Å². The van der Waals surface area contributed by atoms with E-state index in [1.165, 1.54) is 0 Å². The van der Waals surface area contributed by atoms with E-state index in [9.17, 15) is 10.1 Å². The molecule has 0 fully saturated rings. The lowest BCUT2D eigenvalue weighted by molar-refractivity contribution is 0.100. The molecule has 1 amide bonds. The molecule has 20 heavy (non-hydrogen) atoms. The Labute approximate surface area is 118 Å². The van der Waals surface area contributed by atoms with E-state index < -0.39 is 5.91 Å². The maximum atomic E-state index is 11.3. The van der Waals surface area contributed by atoms with Gasteiger partial charge in [-0.15, -0.1) is 21.5 Å². The molecule has 102 valence electrons. The smallest absolute Gasteiger partial charge is 0.261 e. The standard InChI is InChI=1S/C11H11N7OS/c12-3-6-8(13)9(10(14)19)20-11(6)17-1-2-18-5-15-16-7(18)4-17/h5H,1-2,4,13H2,(H2,14,19). The summed E-state index contributed by atoms with van der Waals surface area (Å²) >= 11 is 1.15. The van der Waals surface area contributed by atoms with Crippen LogP contribution in [0.5, 0.6) is 0 Å². The Kier molecular flexibility index (Phi) is 2.80. The average molecular weight is 289 g/mol. The molecule has 0 radical (unpaired) electrons. The molecule has 8 nitrogen and oxygen atoms in total. The molecular formula is C11H11N7OS. The number of carbonyl (C=O) groups is 1. The highest BCUT2D eigenvalue weighted by atomic mass is 32.1. The van der Waals surface area contributed by atoms with E-state index >= 15 is 0 Å². The molecule has 0 saturated carbocycles. The molecule has 0 aliphatic carbocycles. The molecule has 3 rings (SSSR count). The second-order valence-electron chi connectivity index (χ2n) is 4.36. The topological polar surface area (TPSA) is 127 Å². The minimum Gasteiger partial charge on any atom is -0.396 e. The van der Waals surface area contributed by atoms with Gasteiger partial charge in [0, 0.05) is 13.1 Å². The molecule has 1 aliphatic rings. The van der Waals surface area contributed by atoms with Gasteiger partial charge in [-0.3, -0.25) is 4.79 Å². The summed E-state index contributed by atoms with van der Waals surface area (Å²) in [6, 6.07) is 2.05. The number of nitrogen functional groups attached to an aromatic ring is 1. The summed E-state index contributed by atoms with van der Waals surface area (Å²) in [6.07, 6.45) is 1.68. The normalized spacial score (nSPS) is 13.8. The zero-order valence-electron chi connectivity index (χ0n) is 10.4. The minimum atomic E-state index is -0.615. The number of thiophene rings is 1. The van der Waals surface area contributed by atoms with Crippen LogP contribution in [-0.4, -0.2) is 27.2 Å². The summed E-state index contributed by atoms with van der Waals surface area (Å²) in [5.41, 5.74) is 11.6. The Hall–Kier alpha value is -2.60. The first-order chi connectivity index (χ1) is 9.61. The number of hydrogen-bond acceptors (Lipinski definition) is 7. The number of primary amides is 1. The highest BCUT2D eigenvalue weighted by Gasteiger charge is 2.26. The predicted molar refractivity (Wildman–Crippen MR) is 73.0 cm³/mol. The Morgan fingerprint density at radius 3 is 3.00 bits per heavy atom. The molecule has 2 aromatic rings. The van der Waals surface area contributed by atoms with Gasteiger partial charge in [-0.25, -0.2) is 0 Å². The van der Waals surface area contributed by atoms with Gasteiger partial charge in [-0.05, 0) is 0 Å². The van der Waals surface area contributed by atoms with Crippen LogP contribution >= 0.6 is 11.3 Å². The van der Waals surface area contributed by atoms with Crippen molar-refractivity contribution in [3.05, 3.63) is 22.6 Å². The quantitative estimate of drug-likeness (QED) is 0.795. The van der Waals surface area contributed by atoms with Gasteiger partial charge in [0.05, 0.1) is 12.2 Å². The van der Waals surface area contributed by atoms with Gasteiger partial charge in [0.25, 0.3) is 5.91 Å². The first-order valence-corrected chi connectivity index (χ1v) is 6.67. The first-order valence-electron chi connectivity index (χ1n) is 5.85. The van der Waals surface area contributed by atoms with Crippen molar-refractivity contribution in [1.29, 1.82) is 5.26 Å². The number of aromatic nitrogens is 3. The molecular weight excluding hydrogens is 278 g/mol. The van der Waals surface area contributed by atoms with Crippen molar-refractivity contribution < 1.29 is 4.79 Å². The fraction of sp³-hybridized carbons (Fsp3) is 0.273. The van der Waals surface area contributed by atoms with E-state index in [4.69, 9.17) is 11.5 Å². The average Bonchev–Trinajstić information content (AvgIpc) is 3.01. The molecule has 1 aliphatic heterocycles. The van der Waals surface area contributed by atoms with Crippen molar-refractivity contribution in [3.63, 3.8) is 0 Å². The van der Waals surface area contributed by atoms with Crippen LogP contribution in [-0.2, 0) is 13.1 Å². The Bertz CT molecular complexity index is 726. The lowest BCUT2D eigenvalue weighted by Crippen LogP contribution is -2.33. The van der Waals surface area contributed by atoms with Crippen LogP contribution in [0.3, 0.4) is 0 Å². The summed E-state index contributed by atoms with van der Waals surface area (Å²) < 4.78 is 1.95. The van der Waals surface area contributed by atoms with E-state index in [0.717, 1.165) is 23.7 Å². The number of rotatable bonds is 2. The van der Waals surface area contributed by atoms with Gasteiger partial charge in [-0.2, -0.15) is 5.26 Å². The number of nitrogens with zero attached hydrogens (tertiary/aromatic N) is 5. The second kappa shape index (κ2) is 4.50. The van der Waals surface area contributed by atoms with Gasteiger partial charge in [0.1, 0.15) is 27.8 Å². The molecule has 2 aromatic heterocycles. The van der Waals surface area contributed by atoms with E-state index in [1.807, 2.05) is 15.5 Å². The maximum Gasteiger partial charge on any atom is 0.261 e. The van der Waals surface area contributed by atoms with Crippen molar-refractivity contribution in [1.82, 2.24) is 14.8 Å². The number of hydrogen-bond donors (Lipinski definition) is 2. The van der Waals surface area contributed by atoms with Crippen LogP contribution < -0.4 is 16.4 Å². The number of nitriles is 1. The Morgan fingerprint density at radius 2 is 2.30 bits per heavy atom. The van der Waals surface area contributed by atoms with E-state index in [2.05, 4.69) is 10.2 Å². The lowest BCUT2D eigenvalue weighted by atomic mass is 10.2. The summed E-state index contributed by atoms with van der Waals surface area (Å²) in [5, 5.41) is 17.8. The van der Waals surface area contributed by atoms with Crippen LogP contribution in [0.2, 0.25) is 0 Å². The number of amides is 1. The van der Waals surface area contributed by atoms with Gasteiger partial charge >= 0.3 is 0 Å². The van der Waals surface area contributed by atoms with Crippen molar-refractivity contribution in [3.8, 4) is 6.07 Å². The second-order valence-corrected chi connectivity index (χ2v) is 5.36. The summed E-state index contributed by atoms with van der Waals surface area (Å²) in [4.78, 5) is 13.5. The zero-order chi connectivity index (χ0) is 14.3. The predicted octanol–water partition coefficient (Wildman–Crippen LogP) is -0.0874. The number of fused-ring (bicyclic) bond motifs is 1.